The first kappa shape index (κ1) is 18.5. The second-order valence-corrected chi connectivity index (χ2v) is 7.98. The summed E-state index contributed by atoms with van der Waals surface area (Å²) in [6.07, 6.45) is 2.23. The minimum Gasteiger partial charge on any atom is -0.464 e. The quantitative estimate of drug-likeness (QED) is 0.718. The predicted molar refractivity (Wildman–Crippen MR) is 103 cm³/mol. The first-order valence-corrected chi connectivity index (χ1v) is 10.3. The van der Waals surface area contributed by atoms with Gasteiger partial charge in [-0.1, -0.05) is 0 Å². The molecule has 4 rings (SSSR count). The molecule has 4 heterocycles. The summed E-state index contributed by atoms with van der Waals surface area (Å²) in [5.41, 5.74) is -0.00764. The summed E-state index contributed by atoms with van der Waals surface area (Å²) in [7, 11) is 2.10. The zero-order valence-corrected chi connectivity index (χ0v) is 16.4. The number of carbonyl (C=O) groups is 1. The van der Waals surface area contributed by atoms with E-state index >= 15 is 0 Å². The Morgan fingerprint density at radius 2 is 2.11 bits per heavy atom. The van der Waals surface area contributed by atoms with E-state index in [4.69, 9.17) is 4.74 Å². The number of thioether (sulfide) groups is 1. The molecule has 0 amide bonds. The number of aromatic nitrogens is 4. The van der Waals surface area contributed by atoms with Crippen LogP contribution in [-0.4, -0.2) is 92.9 Å². The molecule has 0 spiro atoms. The van der Waals surface area contributed by atoms with Crippen LogP contribution in [0.5, 0.6) is 0 Å². The van der Waals surface area contributed by atoms with E-state index < -0.39 is 17.6 Å². The number of carbonyl (C=O) groups excluding carboxylic acids is 1. The van der Waals surface area contributed by atoms with Gasteiger partial charge in [0.1, 0.15) is 6.33 Å². The van der Waals surface area contributed by atoms with E-state index in [9.17, 15) is 9.90 Å². The minimum absolute atomic E-state index is 0.256. The van der Waals surface area contributed by atoms with Gasteiger partial charge in [0, 0.05) is 37.7 Å². The summed E-state index contributed by atoms with van der Waals surface area (Å²) in [5, 5.41) is 10.7. The van der Waals surface area contributed by atoms with Crippen molar-refractivity contribution in [3.8, 4) is 0 Å². The van der Waals surface area contributed by atoms with Gasteiger partial charge in [-0.2, -0.15) is 11.8 Å². The number of hydrogen-bond donors (Lipinski definition) is 1. The van der Waals surface area contributed by atoms with E-state index in [1.54, 1.807) is 17.8 Å². The lowest BCUT2D eigenvalue weighted by atomic mass is 9.95. The van der Waals surface area contributed by atoms with Crippen molar-refractivity contribution in [2.45, 2.75) is 18.6 Å². The summed E-state index contributed by atoms with van der Waals surface area (Å²) < 4.78 is 7.00. The van der Waals surface area contributed by atoms with Gasteiger partial charge in [-0.25, -0.2) is 19.7 Å². The molecule has 0 aromatic carbocycles. The molecule has 10 heteroatoms. The molecule has 0 saturated carbocycles. The van der Waals surface area contributed by atoms with Crippen LogP contribution >= 0.6 is 11.8 Å². The molecular weight excluding hydrogens is 368 g/mol. The van der Waals surface area contributed by atoms with Crippen LogP contribution < -0.4 is 4.90 Å². The molecule has 2 aliphatic rings. The van der Waals surface area contributed by atoms with Gasteiger partial charge in [0.05, 0.1) is 19.0 Å². The van der Waals surface area contributed by atoms with Crippen LogP contribution in [0.2, 0.25) is 0 Å². The molecule has 2 aromatic rings. The third-order valence-corrected chi connectivity index (χ3v) is 6.52. The van der Waals surface area contributed by atoms with Crippen LogP contribution in [0, 0.1) is 0 Å². The maximum Gasteiger partial charge on any atom is 0.336 e. The summed E-state index contributed by atoms with van der Waals surface area (Å²) in [6.45, 7) is 5.64. The van der Waals surface area contributed by atoms with Crippen LogP contribution in [0.1, 0.15) is 6.92 Å². The molecule has 2 unspecified atom stereocenters. The normalized spacial score (nSPS) is 26.6. The summed E-state index contributed by atoms with van der Waals surface area (Å²) in [5.74, 6) is 1.22. The third kappa shape index (κ3) is 2.95. The maximum absolute atomic E-state index is 12.8. The fraction of sp³-hybridized carbons (Fsp3) is 0.647. The van der Waals surface area contributed by atoms with E-state index in [1.165, 1.54) is 18.1 Å². The average Bonchev–Trinajstić information content (AvgIpc) is 3.26. The molecule has 2 aromatic heterocycles. The number of nitrogens with zero attached hydrogens (tertiary/aromatic N) is 6. The van der Waals surface area contributed by atoms with Gasteiger partial charge >= 0.3 is 5.97 Å². The number of piperazine rings is 1. The van der Waals surface area contributed by atoms with Gasteiger partial charge in [0.15, 0.2) is 22.5 Å². The van der Waals surface area contributed by atoms with Crippen molar-refractivity contribution < 1.29 is 14.6 Å². The molecule has 0 bridgehead atoms. The summed E-state index contributed by atoms with van der Waals surface area (Å²) in [6, 6.07) is 0. The number of hydrogen-bond acceptors (Lipinski definition) is 9. The third-order valence-electron chi connectivity index (χ3n) is 5.32. The molecule has 2 saturated heterocycles. The van der Waals surface area contributed by atoms with E-state index in [-0.39, 0.29) is 6.61 Å². The first-order valence-electron chi connectivity index (χ1n) is 9.13. The molecule has 9 nitrogen and oxygen atoms in total. The highest BCUT2D eigenvalue weighted by molar-refractivity contribution is 7.99. The summed E-state index contributed by atoms with van der Waals surface area (Å²) in [4.78, 5) is 30.7. The Hall–Kier alpha value is -1.91. The van der Waals surface area contributed by atoms with Crippen molar-refractivity contribution in [2.75, 3.05) is 56.2 Å². The number of aliphatic hydroxyl groups is 1. The highest BCUT2D eigenvalue weighted by Crippen LogP contribution is 2.38. The highest BCUT2D eigenvalue weighted by atomic mass is 32.2. The number of fused-ring (bicyclic) bond motifs is 1. The lowest BCUT2D eigenvalue weighted by molar-refractivity contribution is -0.157. The molecular formula is C17H24N6O3S. The van der Waals surface area contributed by atoms with Crippen molar-refractivity contribution >= 4 is 34.7 Å². The van der Waals surface area contributed by atoms with Crippen molar-refractivity contribution in [3.05, 3.63) is 12.7 Å². The van der Waals surface area contributed by atoms with E-state index in [0.29, 0.717) is 22.7 Å². The van der Waals surface area contributed by atoms with Crippen LogP contribution in [0.25, 0.3) is 11.2 Å². The monoisotopic (exact) mass is 392 g/mol. The number of aliphatic hydroxyl groups excluding tert-OH is 1. The van der Waals surface area contributed by atoms with Crippen LogP contribution in [0.4, 0.5) is 5.82 Å². The zero-order chi connectivity index (χ0) is 19.0. The average molecular weight is 392 g/mol. The second-order valence-electron chi connectivity index (χ2n) is 6.95. The molecule has 0 aliphatic carbocycles. The minimum atomic E-state index is -1.21. The van der Waals surface area contributed by atoms with Gasteiger partial charge in [0.2, 0.25) is 0 Å². The smallest absolute Gasteiger partial charge is 0.336 e. The SMILES string of the molecule is CCOC(=O)C1(n2cnc3c(N4CCN(C)CC4)ncnc32)CSCC1O. The van der Waals surface area contributed by atoms with Crippen LogP contribution in [0.3, 0.4) is 0 Å². The Balaban J connectivity index is 1.79. The molecule has 2 atom stereocenters. The zero-order valence-electron chi connectivity index (χ0n) is 15.5. The topological polar surface area (TPSA) is 96.6 Å². The number of ether oxygens (including phenoxy) is 1. The number of imidazole rings is 1. The maximum atomic E-state index is 12.8. The predicted octanol–water partition coefficient (Wildman–Crippen LogP) is -0.0558. The van der Waals surface area contributed by atoms with Crippen LogP contribution in [-0.2, 0) is 15.1 Å². The van der Waals surface area contributed by atoms with Crippen LogP contribution in [0.15, 0.2) is 12.7 Å². The molecule has 146 valence electrons. The number of likely N-dealkylation sites (N-methyl/N-ethyl adjacent to an activating group) is 1. The fourth-order valence-corrected chi connectivity index (χ4v) is 5.08. The molecule has 1 N–H and O–H groups in total. The molecule has 2 fully saturated rings. The second kappa shape index (κ2) is 7.25. The molecule has 2 aliphatic heterocycles. The number of esters is 1. The Kier molecular flexibility index (Phi) is 4.95. The Bertz CT molecular complexity index is 837. The fourth-order valence-electron chi connectivity index (χ4n) is 3.70. The molecule has 27 heavy (non-hydrogen) atoms. The van der Waals surface area contributed by atoms with E-state index in [0.717, 1.165) is 32.0 Å². The Morgan fingerprint density at radius 1 is 1.33 bits per heavy atom. The van der Waals surface area contributed by atoms with Gasteiger partial charge in [-0.05, 0) is 14.0 Å². The number of anilines is 1. The Labute approximate surface area is 161 Å². The summed E-state index contributed by atoms with van der Waals surface area (Å²) >= 11 is 1.52. The largest absolute Gasteiger partial charge is 0.464 e. The lowest BCUT2D eigenvalue weighted by Gasteiger charge is -2.33. The van der Waals surface area contributed by atoms with Gasteiger partial charge in [-0.15, -0.1) is 0 Å². The number of rotatable bonds is 4. The standard InChI is InChI=1S/C17H24N6O3S/c1-3-26-16(25)17(9-27-8-12(17)24)23-11-20-13-14(18-10-19-15(13)23)22-6-4-21(2)5-7-22/h10-12,24H,3-9H2,1-2H3. The first-order chi connectivity index (χ1) is 13.1. The van der Waals surface area contributed by atoms with Crippen molar-refractivity contribution in [1.82, 2.24) is 24.4 Å². The molecule has 0 radical (unpaired) electrons. The van der Waals surface area contributed by atoms with Crippen molar-refractivity contribution in [2.24, 2.45) is 0 Å². The van der Waals surface area contributed by atoms with Gasteiger partial charge in [0.25, 0.3) is 0 Å². The van der Waals surface area contributed by atoms with Crippen molar-refractivity contribution in [3.63, 3.8) is 0 Å². The lowest BCUT2D eigenvalue weighted by Crippen LogP contribution is -2.51. The van der Waals surface area contributed by atoms with E-state index in [1.807, 2.05) is 0 Å². The van der Waals surface area contributed by atoms with Crippen molar-refractivity contribution in [1.29, 1.82) is 0 Å². The highest BCUT2D eigenvalue weighted by Gasteiger charge is 2.53. The van der Waals surface area contributed by atoms with Gasteiger partial charge < -0.3 is 19.6 Å². The van der Waals surface area contributed by atoms with Gasteiger partial charge in [-0.3, -0.25) is 4.57 Å². The Morgan fingerprint density at radius 3 is 2.78 bits per heavy atom. The van der Waals surface area contributed by atoms with E-state index in [2.05, 4.69) is 31.8 Å².